The first kappa shape index (κ1) is 17.4. The van der Waals surface area contributed by atoms with Crippen LogP contribution in [-0.4, -0.2) is 28.0 Å². The minimum absolute atomic E-state index is 0.208. The van der Waals surface area contributed by atoms with Crippen LogP contribution >= 0.6 is 22.9 Å². The van der Waals surface area contributed by atoms with E-state index in [2.05, 4.69) is 10.3 Å². The summed E-state index contributed by atoms with van der Waals surface area (Å²) in [6, 6.07) is 6.24. The third-order valence-corrected chi connectivity index (χ3v) is 4.77. The largest absolute Gasteiger partial charge is 0.480 e. The number of nitrogens with zero attached hydrogens (tertiary/aromatic N) is 1. The summed E-state index contributed by atoms with van der Waals surface area (Å²) in [4.78, 5) is 28.4. The van der Waals surface area contributed by atoms with E-state index in [-0.39, 0.29) is 5.92 Å². The third-order valence-electron chi connectivity index (χ3n) is 3.31. The molecule has 0 saturated carbocycles. The number of hydrogen-bond acceptors (Lipinski definition) is 4. The van der Waals surface area contributed by atoms with E-state index in [1.165, 1.54) is 11.3 Å². The Hall–Kier alpha value is -1.92. The first-order chi connectivity index (χ1) is 10.8. The fourth-order valence-electron chi connectivity index (χ4n) is 2.04. The monoisotopic (exact) mass is 352 g/mol. The molecule has 0 radical (unpaired) electrons. The van der Waals surface area contributed by atoms with Crippen molar-refractivity contribution in [2.24, 2.45) is 5.92 Å². The van der Waals surface area contributed by atoms with Crippen molar-refractivity contribution >= 4 is 34.8 Å². The van der Waals surface area contributed by atoms with Gasteiger partial charge in [0.05, 0.1) is 5.69 Å². The number of benzene rings is 1. The van der Waals surface area contributed by atoms with Crippen LogP contribution < -0.4 is 5.32 Å². The molecule has 0 unspecified atom stereocenters. The van der Waals surface area contributed by atoms with Gasteiger partial charge in [-0.2, -0.15) is 0 Å². The van der Waals surface area contributed by atoms with Crippen LogP contribution in [0.15, 0.2) is 24.3 Å². The molecule has 0 saturated heterocycles. The van der Waals surface area contributed by atoms with E-state index >= 15 is 0 Å². The molecule has 23 heavy (non-hydrogen) atoms. The van der Waals surface area contributed by atoms with Crippen molar-refractivity contribution in [1.82, 2.24) is 10.3 Å². The molecule has 5 nitrogen and oxygen atoms in total. The van der Waals surface area contributed by atoms with Gasteiger partial charge in [-0.05, 0) is 25.0 Å². The molecule has 1 aromatic carbocycles. The van der Waals surface area contributed by atoms with E-state index in [1.54, 1.807) is 32.9 Å². The van der Waals surface area contributed by atoms with Gasteiger partial charge in [0.15, 0.2) is 0 Å². The molecule has 0 fully saturated rings. The van der Waals surface area contributed by atoms with Crippen LogP contribution in [0.25, 0.3) is 10.6 Å². The number of amides is 1. The van der Waals surface area contributed by atoms with Crippen molar-refractivity contribution in [3.8, 4) is 10.6 Å². The Bertz CT molecular complexity index is 725. The summed E-state index contributed by atoms with van der Waals surface area (Å²) in [7, 11) is 0. The molecule has 1 amide bonds. The van der Waals surface area contributed by atoms with E-state index in [1.807, 2.05) is 12.1 Å². The highest BCUT2D eigenvalue weighted by atomic mass is 35.5. The number of carboxylic acid groups (broad SMARTS) is 1. The number of aryl methyl sites for hydroxylation is 1. The average Bonchev–Trinajstić information content (AvgIpc) is 2.86. The van der Waals surface area contributed by atoms with Crippen LogP contribution in [0.3, 0.4) is 0 Å². The molecule has 122 valence electrons. The van der Waals surface area contributed by atoms with Crippen molar-refractivity contribution in [2.45, 2.75) is 26.8 Å². The Morgan fingerprint density at radius 2 is 1.87 bits per heavy atom. The Balaban J connectivity index is 2.25. The maximum Gasteiger partial charge on any atom is 0.326 e. The zero-order valence-electron chi connectivity index (χ0n) is 13.0. The lowest BCUT2D eigenvalue weighted by atomic mass is 10.0. The maximum absolute atomic E-state index is 12.4. The number of aromatic nitrogens is 1. The number of rotatable bonds is 5. The zero-order valence-corrected chi connectivity index (χ0v) is 14.5. The number of carbonyl (C=O) groups excluding carboxylic acids is 1. The number of carboxylic acids is 1. The molecule has 2 rings (SSSR count). The summed E-state index contributed by atoms with van der Waals surface area (Å²) in [5.41, 5.74) is 1.44. The molecule has 0 bridgehead atoms. The second kappa shape index (κ2) is 7.10. The molecule has 0 aliphatic heterocycles. The Morgan fingerprint density at radius 1 is 1.26 bits per heavy atom. The van der Waals surface area contributed by atoms with Crippen molar-refractivity contribution in [3.05, 3.63) is 39.9 Å². The van der Waals surface area contributed by atoms with Gasteiger partial charge >= 0.3 is 5.97 Å². The molecule has 7 heteroatoms. The SMILES string of the molecule is Cc1nc(-c2ccc(Cl)cc2)sc1C(=O)N[C@@H](C(=O)O)C(C)C. The number of halogens is 1. The molecular weight excluding hydrogens is 336 g/mol. The highest BCUT2D eigenvalue weighted by Crippen LogP contribution is 2.29. The van der Waals surface area contributed by atoms with Gasteiger partial charge in [0.1, 0.15) is 15.9 Å². The Labute approximate surface area is 143 Å². The molecule has 1 aromatic heterocycles. The van der Waals surface area contributed by atoms with Gasteiger partial charge in [0, 0.05) is 10.6 Å². The van der Waals surface area contributed by atoms with Gasteiger partial charge in [-0.25, -0.2) is 9.78 Å². The smallest absolute Gasteiger partial charge is 0.326 e. The summed E-state index contributed by atoms with van der Waals surface area (Å²) in [5.74, 6) is -1.67. The lowest BCUT2D eigenvalue weighted by Crippen LogP contribution is -2.44. The van der Waals surface area contributed by atoms with E-state index in [4.69, 9.17) is 11.6 Å². The van der Waals surface area contributed by atoms with Crippen molar-refractivity contribution in [3.63, 3.8) is 0 Å². The minimum atomic E-state index is -1.05. The lowest BCUT2D eigenvalue weighted by Gasteiger charge is -2.17. The van der Waals surface area contributed by atoms with Crippen molar-refractivity contribution in [1.29, 1.82) is 0 Å². The summed E-state index contributed by atoms with van der Waals surface area (Å²) in [5, 5.41) is 13.1. The quantitative estimate of drug-likeness (QED) is 0.861. The summed E-state index contributed by atoms with van der Waals surface area (Å²) in [6.45, 7) is 5.23. The van der Waals surface area contributed by atoms with Gasteiger partial charge in [-0.15, -0.1) is 11.3 Å². The van der Waals surface area contributed by atoms with Crippen LogP contribution in [-0.2, 0) is 4.79 Å². The highest BCUT2D eigenvalue weighted by Gasteiger charge is 2.26. The van der Waals surface area contributed by atoms with E-state index < -0.39 is 17.9 Å². The Morgan fingerprint density at radius 3 is 2.39 bits per heavy atom. The molecule has 0 aliphatic rings. The van der Waals surface area contributed by atoms with E-state index in [9.17, 15) is 14.7 Å². The van der Waals surface area contributed by atoms with Gasteiger partial charge in [0.25, 0.3) is 5.91 Å². The fraction of sp³-hybridized carbons (Fsp3) is 0.312. The lowest BCUT2D eigenvalue weighted by molar-refractivity contribution is -0.140. The second-order valence-electron chi connectivity index (χ2n) is 5.47. The van der Waals surface area contributed by atoms with Crippen molar-refractivity contribution in [2.75, 3.05) is 0 Å². The van der Waals surface area contributed by atoms with Crippen LogP contribution in [0.5, 0.6) is 0 Å². The first-order valence-corrected chi connectivity index (χ1v) is 8.26. The van der Waals surface area contributed by atoms with Gasteiger partial charge in [-0.1, -0.05) is 37.6 Å². The number of carbonyl (C=O) groups is 2. The number of nitrogens with one attached hydrogen (secondary N) is 1. The van der Waals surface area contributed by atoms with Crippen LogP contribution in [0, 0.1) is 12.8 Å². The van der Waals surface area contributed by atoms with Gasteiger partial charge in [-0.3, -0.25) is 4.79 Å². The normalized spacial score (nSPS) is 12.2. The third kappa shape index (κ3) is 4.09. The molecule has 0 aliphatic carbocycles. The zero-order chi connectivity index (χ0) is 17.1. The van der Waals surface area contributed by atoms with E-state index in [0.717, 1.165) is 5.56 Å². The predicted octanol–water partition coefficient (Wildman–Crippen LogP) is 3.61. The van der Waals surface area contributed by atoms with Crippen molar-refractivity contribution < 1.29 is 14.7 Å². The van der Waals surface area contributed by atoms with Crippen LogP contribution in [0.1, 0.15) is 29.2 Å². The van der Waals surface area contributed by atoms with Crippen LogP contribution in [0.2, 0.25) is 5.02 Å². The number of hydrogen-bond donors (Lipinski definition) is 2. The second-order valence-corrected chi connectivity index (χ2v) is 6.91. The Kier molecular flexibility index (Phi) is 5.38. The molecule has 2 aromatic rings. The average molecular weight is 353 g/mol. The predicted molar refractivity (Wildman–Crippen MR) is 91.0 cm³/mol. The number of thiazole rings is 1. The highest BCUT2D eigenvalue weighted by molar-refractivity contribution is 7.17. The molecule has 0 spiro atoms. The van der Waals surface area contributed by atoms with Gasteiger partial charge < -0.3 is 10.4 Å². The summed E-state index contributed by atoms with van der Waals surface area (Å²) < 4.78 is 0. The first-order valence-electron chi connectivity index (χ1n) is 7.06. The summed E-state index contributed by atoms with van der Waals surface area (Å²) in [6.07, 6.45) is 0. The van der Waals surface area contributed by atoms with Crippen LogP contribution in [0.4, 0.5) is 0 Å². The molecule has 1 heterocycles. The molecule has 2 N–H and O–H groups in total. The minimum Gasteiger partial charge on any atom is -0.480 e. The van der Waals surface area contributed by atoms with Gasteiger partial charge in [0.2, 0.25) is 0 Å². The standard InChI is InChI=1S/C16H17ClN2O3S/c1-8(2)12(16(21)22)19-14(20)13-9(3)18-15(23-13)10-4-6-11(17)7-5-10/h4-8,12H,1-3H3,(H,19,20)(H,21,22)/t12-/m1/s1. The van der Waals surface area contributed by atoms with E-state index in [0.29, 0.717) is 20.6 Å². The molecular formula is C16H17ClN2O3S. The number of aliphatic carboxylic acids is 1. The summed E-state index contributed by atoms with van der Waals surface area (Å²) >= 11 is 7.10. The molecule has 1 atom stereocenters. The maximum atomic E-state index is 12.4. The topological polar surface area (TPSA) is 79.3 Å². The fourth-order valence-corrected chi connectivity index (χ4v) is 3.14.